The fourth-order valence-corrected chi connectivity index (χ4v) is 1.71. The van der Waals surface area contributed by atoms with E-state index in [1.807, 2.05) is 0 Å². The number of hydrogen-bond donors (Lipinski definition) is 1. The van der Waals surface area contributed by atoms with Gasteiger partial charge >= 0.3 is 5.69 Å². The van der Waals surface area contributed by atoms with Crippen molar-refractivity contribution in [2.45, 2.75) is 0 Å². The molecule has 0 unspecified atom stereocenters. The standard InChI is InChI=1S/C11H8N4O/c16-11-14-9-7-13-6-3-10(9)15(11)8-1-4-12-5-2-8/h1-7H,(H,14,16). The summed E-state index contributed by atoms with van der Waals surface area (Å²) in [6.07, 6.45) is 6.60. The van der Waals surface area contributed by atoms with Gasteiger partial charge in [-0.3, -0.25) is 14.5 Å². The lowest BCUT2D eigenvalue weighted by Crippen LogP contribution is -2.14. The largest absolute Gasteiger partial charge is 0.331 e. The molecular weight excluding hydrogens is 204 g/mol. The molecule has 0 aliphatic heterocycles. The average Bonchev–Trinajstić information content (AvgIpc) is 2.66. The maximum atomic E-state index is 11.8. The maximum Gasteiger partial charge on any atom is 0.331 e. The summed E-state index contributed by atoms with van der Waals surface area (Å²) in [4.78, 5) is 22.4. The van der Waals surface area contributed by atoms with E-state index in [0.29, 0.717) is 0 Å². The Hall–Kier alpha value is -2.43. The second kappa shape index (κ2) is 3.30. The summed E-state index contributed by atoms with van der Waals surface area (Å²) >= 11 is 0. The highest BCUT2D eigenvalue weighted by atomic mass is 16.1. The summed E-state index contributed by atoms with van der Waals surface area (Å²) in [5, 5.41) is 0. The van der Waals surface area contributed by atoms with E-state index < -0.39 is 0 Å². The highest BCUT2D eigenvalue weighted by molar-refractivity contribution is 5.75. The Kier molecular flexibility index (Phi) is 1.83. The van der Waals surface area contributed by atoms with Crippen LogP contribution in [-0.2, 0) is 0 Å². The maximum absolute atomic E-state index is 11.8. The predicted molar refractivity (Wildman–Crippen MR) is 59.5 cm³/mol. The quantitative estimate of drug-likeness (QED) is 0.657. The average molecular weight is 212 g/mol. The van der Waals surface area contributed by atoms with E-state index in [9.17, 15) is 4.79 Å². The van der Waals surface area contributed by atoms with Crippen molar-refractivity contribution in [3.8, 4) is 5.69 Å². The minimum absolute atomic E-state index is 0.172. The first-order valence-electron chi connectivity index (χ1n) is 4.81. The van der Waals surface area contributed by atoms with E-state index in [1.54, 1.807) is 47.6 Å². The Labute approximate surface area is 90.4 Å². The Balaban J connectivity index is 2.40. The molecule has 3 aromatic heterocycles. The van der Waals surface area contributed by atoms with Gasteiger partial charge in [0.05, 0.1) is 22.9 Å². The first-order valence-corrected chi connectivity index (χ1v) is 4.81. The topological polar surface area (TPSA) is 63.6 Å². The molecule has 0 amide bonds. The lowest BCUT2D eigenvalue weighted by Gasteiger charge is -2.01. The van der Waals surface area contributed by atoms with Gasteiger partial charge in [-0.1, -0.05) is 0 Å². The molecule has 0 fully saturated rings. The number of pyridine rings is 2. The van der Waals surface area contributed by atoms with E-state index in [4.69, 9.17) is 0 Å². The Morgan fingerprint density at radius 2 is 1.81 bits per heavy atom. The van der Waals surface area contributed by atoms with E-state index >= 15 is 0 Å². The molecule has 3 rings (SSSR count). The van der Waals surface area contributed by atoms with Crippen LogP contribution >= 0.6 is 0 Å². The van der Waals surface area contributed by atoms with Gasteiger partial charge in [0.15, 0.2) is 0 Å². The Bertz CT molecular complexity index is 684. The smallest absolute Gasteiger partial charge is 0.304 e. The minimum Gasteiger partial charge on any atom is -0.304 e. The second-order valence-electron chi connectivity index (χ2n) is 3.36. The molecular formula is C11H8N4O. The molecule has 1 N–H and O–H groups in total. The van der Waals surface area contributed by atoms with Crippen molar-refractivity contribution in [3.63, 3.8) is 0 Å². The molecule has 0 radical (unpaired) electrons. The molecule has 0 atom stereocenters. The molecule has 3 aromatic rings. The van der Waals surface area contributed by atoms with E-state index in [0.717, 1.165) is 16.7 Å². The third-order valence-electron chi connectivity index (χ3n) is 2.40. The number of rotatable bonds is 1. The van der Waals surface area contributed by atoms with Gasteiger partial charge in [-0.25, -0.2) is 4.79 Å². The van der Waals surface area contributed by atoms with Crippen molar-refractivity contribution >= 4 is 11.0 Å². The number of H-pyrrole nitrogens is 1. The second-order valence-corrected chi connectivity index (χ2v) is 3.36. The molecule has 0 spiro atoms. The molecule has 0 saturated carbocycles. The number of fused-ring (bicyclic) bond motifs is 1. The molecule has 0 aliphatic carbocycles. The highest BCUT2D eigenvalue weighted by Gasteiger charge is 2.07. The van der Waals surface area contributed by atoms with Crippen LogP contribution in [0.25, 0.3) is 16.7 Å². The van der Waals surface area contributed by atoms with E-state index in [2.05, 4.69) is 15.0 Å². The zero-order valence-corrected chi connectivity index (χ0v) is 8.29. The van der Waals surface area contributed by atoms with Crippen LogP contribution in [0.1, 0.15) is 0 Å². The van der Waals surface area contributed by atoms with Crippen molar-refractivity contribution < 1.29 is 0 Å². The third-order valence-corrected chi connectivity index (χ3v) is 2.40. The van der Waals surface area contributed by atoms with Gasteiger partial charge in [-0.05, 0) is 18.2 Å². The summed E-state index contributed by atoms with van der Waals surface area (Å²) in [5.41, 5.74) is 2.15. The summed E-state index contributed by atoms with van der Waals surface area (Å²) in [6, 6.07) is 5.37. The first kappa shape index (κ1) is 8.84. The summed E-state index contributed by atoms with van der Waals surface area (Å²) in [6.45, 7) is 0. The predicted octanol–water partition coefficient (Wildman–Crippen LogP) is 1.11. The molecule has 5 heteroatoms. The lowest BCUT2D eigenvalue weighted by molar-refractivity contribution is 1.01. The normalized spacial score (nSPS) is 10.8. The summed E-state index contributed by atoms with van der Waals surface area (Å²) in [5.74, 6) is 0. The monoisotopic (exact) mass is 212 g/mol. The number of imidazole rings is 1. The highest BCUT2D eigenvalue weighted by Crippen LogP contribution is 2.12. The fraction of sp³-hybridized carbons (Fsp3) is 0. The van der Waals surface area contributed by atoms with Crippen LogP contribution in [0.5, 0.6) is 0 Å². The first-order chi connectivity index (χ1) is 7.86. The molecule has 5 nitrogen and oxygen atoms in total. The van der Waals surface area contributed by atoms with E-state index in [1.165, 1.54) is 0 Å². The zero-order chi connectivity index (χ0) is 11.0. The van der Waals surface area contributed by atoms with Crippen molar-refractivity contribution in [3.05, 3.63) is 53.5 Å². The van der Waals surface area contributed by atoms with Gasteiger partial charge < -0.3 is 4.98 Å². The van der Waals surface area contributed by atoms with Gasteiger partial charge in [-0.15, -0.1) is 0 Å². The number of aromatic amines is 1. The molecule has 0 aromatic carbocycles. The van der Waals surface area contributed by atoms with Crippen LogP contribution in [0.15, 0.2) is 47.8 Å². The van der Waals surface area contributed by atoms with Crippen LogP contribution in [0.2, 0.25) is 0 Å². The Morgan fingerprint density at radius 1 is 1.06 bits per heavy atom. The minimum atomic E-state index is -0.172. The molecule has 0 bridgehead atoms. The van der Waals surface area contributed by atoms with Crippen LogP contribution in [0.4, 0.5) is 0 Å². The van der Waals surface area contributed by atoms with Crippen molar-refractivity contribution in [2.75, 3.05) is 0 Å². The molecule has 78 valence electrons. The molecule has 0 aliphatic rings. The van der Waals surface area contributed by atoms with Gasteiger partial charge in [0, 0.05) is 18.6 Å². The Morgan fingerprint density at radius 3 is 2.62 bits per heavy atom. The fourth-order valence-electron chi connectivity index (χ4n) is 1.71. The summed E-state index contributed by atoms with van der Waals surface area (Å²) < 4.78 is 1.60. The SMILES string of the molecule is O=c1[nH]c2cnccc2n1-c1ccncc1. The number of hydrogen-bond acceptors (Lipinski definition) is 3. The van der Waals surface area contributed by atoms with Crippen LogP contribution in [0, 0.1) is 0 Å². The van der Waals surface area contributed by atoms with Crippen molar-refractivity contribution in [1.29, 1.82) is 0 Å². The number of nitrogens with one attached hydrogen (secondary N) is 1. The number of aromatic nitrogens is 4. The van der Waals surface area contributed by atoms with Gasteiger partial charge in [0.25, 0.3) is 0 Å². The van der Waals surface area contributed by atoms with Crippen molar-refractivity contribution in [2.24, 2.45) is 0 Å². The van der Waals surface area contributed by atoms with Crippen LogP contribution < -0.4 is 5.69 Å². The van der Waals surface area contributed by atoms with Crippen LogP contribution in [0.3, 0.4) is 0 Å². The van der Waals surface area contributed by atoms with Gasteiger partial charge in [0.1, 0.15) is 0 Å². The van der Waals surface area contributed by atoms with Gasteiger partial charge in [0.2, 0.25) is 0 Å². The number of nitrogens with zero attached hydrogens (tertiary/aromatic N) is 3. The summed E-state index contributed by atoms with van der Waals surface area (Å²) in [7, 11) is 0. The van der Waals surface area contributed by atoms with Crippen LogP contribution in [-0.4, -0.2) is 19.5 Å². The van der Waals surface area contributed by atoms with Crippen molar-refractivity contribution in [1.82, 2.24) is 19.5 Å². The zero-order valence-electron chi connectivity index (χ0n) is 8.29. The molecule has 16 heavy (non-hydrogen) atoms. The molecule has 0 saturated heterocycles. The lowest BCUT2D eigenvalue weighted by atomic mass is 10.3. The van der Waals surface area contributed by atoms with E-state index in [-0.39, 0.29) is 5.69 Å². The molecule has 3 heterocycles. The van der Waals surface area contributed by atoms with Gasteiger partial charge in [-0.2, -0.15) is 0 Å². The third kappa shape index (κ3) is 1.22.